The van der Waals surface area contributed by atoms with Gasteiger partial charge in [0.05, 0.1) is 4.90 Å². The van der Waals surface area contributed by atoms with Gasteiger partial charge >= 0.3 is 0 Å². The smallest absolute Gasteiger partial charge is 0.244 e. The van der Waals surface area contributed by atoms with Gasteiger partial charge in [-0.2, -0.15) is 4.31 Å². The molecule has 2 N–H and O–H groups in total. The monoisotopic (exact) mass is 391 g/mol. The first kappa shape index (κ1) is 18.4. The van der Waals surface area contributed by atoms with E-state index >= 15 is 0 Å². The minimum atomic E-state index is -3.83. The number of hydrogen-bond donors (Lipinski definition) is 1. The van der Waals surface area contributed by atoms with Crippen molar-refractivity contribution in [3.05, 3.63) is 24.3 Å². The van der Waals surface area contributed by atoms with Crippen molar-refractivity contribution in [3.63, 3.8) is 0 Å². The van der Waals surface area contributed by atoms with Crippen LogP contribution in [0.5, 0.6) is 0 Å². The molecule has 3 aliphatic rings. The summed E-state index contributed by atoms with van der Waals surface area (Å²) in [5.41, 5.74) is 6.26. The van der Waals surface area contributed by atoms with Crippen LogP contribution in [-0.4, -0.2) is 43.2 Å². The highest BCUT2D eigenvalue weighted by atomic mass is 32.2. The van der Waals surface area contributed by atoms with Crippen molar-refractivity contribution in [1.82, 2.24) is 4.31 Å². The van der Waals surface area contributed by atoms with Crippen molar-refractivity contribution >= 4 is 27.5 Å². The van der Waals surface area contributed by atoms with Gasteiger partial charge in [-0.15, -0.1) is 0 Å². The summed E-state index contributed by atoms with van der Waals surface area (Å²) in [6.07, 6.45) is 5.60. The molecule has 0 radical (unpaired) electrons. The zero-order valence-electron chi connectivity index (χ0n) is 15.2. The van der Waals surface area contributed by atoms with Gasteiger partial charge in [0.25, 0.3) is 0 Å². The van der Waals surface area contributed by atoms with Gasteiger partial charge in [0.1, 0.15) is 6.04 Å². The quantitative estimate of drug-likeness (QED) is 0.843. The molecule has 3 fully saturated rings. The van der Waals surface area contributed by atoms with Gasteiger partial charge in [0.2, 0.25) is 21.8 Å². The molecule has 4 rings (SSSR count). The number of nitrogens with zero attached hydrogens (tertiary/aromatic N) is 2. The summed E-state index contributed by atoms with van der Waals surface area (Å²) in [5.74, 6) is -0.316. The fraction of sp³-hybridized carbons (Fsp3) is 0.579. The van der Waals surface area contributed by atoms with E-state index in [2.05, 4.69) is 0 Å². The molecule has 7 nitrogen and oxygen atoms in total. The van der Waals surface area contributed by atoms with E-state index in [0.29, 0.717) is 25.1 Å². The normalized spacial score (nSPS) is 29.1. The predicted molar refractivity (Wildman–Crippen MR) is 100 cm³/mol. The number of benzene rings is 1. The topological polar surface area (TPSA) is 101 Å². The van der Waals surface area contributed by atoms with Crippen LogP contribution in [0, 0.1) is 5.92 Å². The zero-order chi connectivity index (χ0) is 19.2. The third-order valence-corrected chi connectivity index (χ3v) is 8.10. The van der Waals surface area contributed by atoms with Gasteiger partial charge in [-0.3, -0.25) is 9.59 Å². The molecule has 1 aromatic rings. The van der Waals surface area contributed by atoms with Crippen LogP contribution < -0.4 is 10.6 Å². The van der Waals surface area contributed by atoms with E-state index in [4.69, 9.17) is 5.73 Å². The highest BCUT2D eigenvalue weighted by Crippen LogP contribution is 2.42. The van der Waals surface area contributed by atoms with Crippen LogP contribution in [0.3, 0.4) is 0 Å². The Bertz CT molecular complexity index is 852. The first-order valence-corrected chi connectivity index (χ1v) is 11.1. The van der Waals surface area contributed by atoms with E-state index < -0.39 is 22.0 Å². The number of amides is 2. The van der Waals surface area contributed by atoms with Crippen molar-refractivity contribution < 1.29 is 18.0 Å². The van der Waals surface area contributed by atoms with Gasteiger partial charge < -0.3 is 10.6 Å². The lowest BCUT2D eigenvalue weighted by Gasteiger charge is -2.32. The Morgan fingerprint density at radius 3 is 2.41 bits per heavy atom. The molecule has 2 aliphatic heterocycles. The molecule has 1 aromatic carbocycles. The Labute approximate surface area is 159 Å². The highest BCUT2D eigenvalue weighted by molar-refractivity contribution is 7.89. The molecule has 146 valence electrons. The summed E-state index contributed by atoms with van der Waals surface area (Å²) < 4.78 is 28.0. The molecule has 0 bridgehead atoms. The predicted octanol–water partition coefficient (Wildman–Crippen LogP) is 1.62. The fourth-order valence-electron chi connectivity index (χ4n) is 4.85. The van der Waals surface area contributed by atoms with E-state index in [1.54, 1.807) is 17.0 Å². The molecule has 0 spiro atoms. The van der Waals surface area contributed by atoms with Gasteiger partial charge in [-0.05, 0) is 55.9 Å². The molecule has 3 atom stereocenters. The second-order valence-electron chi connectivity index (χ2n) is 7.74. The number of carbonyl (C=O) groups is 2. The Kier molecular flexibility index (Phi) is 4.71. The van der Waals surface area contributed by atoms with Gasteiger partial charge in [-0.25, -0.2) is 8.42 Å². The van der Waals surface area contributed by atoms with Crippen LogP contribution in [0.15, 0.2) is 29.2 Å². The van der Waals surface area contributed by atoms with Crippen LogP contribution in [0.2, 0.25) is 0 Å². The van der Waals surface area contributed by atoms with Crippen molar-refractivity contribution in [2.24, 2.45) is 11.7 Å². The minimum absolute atomic E-state index is 0.0592. The number of rotatable bonds is 4. The molecular formula is C19H25N3O4S. The average molecular weight is 391 g/mol. The standard InChI is InChI=1S/C19H25N3O4S/c20-19(24)17-12-13-4-1-2-5-16(13)22(17)27(25,26)15-9-7-14(8-10-15)21-11-3-6-18(21)23/h7-10,13,16-17H,1-6,11-12H2,(H2,20,24). The summed E-state index contributed by atoms with van der Waals surface area (Å²) in [6, 6.07) is 5.48. The highest BCUT2D eigenvalue weighted by Gasteiger charge is 2.50. The van der Waals surface area contributed by atoms with Crippen molar-refractivity contribution in [2.45, 2.75) is 61.9 Å². The second-order valence-corrected chi connectivity index (χ2v) is 9.59. The third-order valence-electron chi connectivity index (χ3n) is 6.15. The number of primary amides is 1. The lowest BCUT2D eigenvalue weighted by atomic mass is 9.85. The van der Waals surface area contributed by atoms with Gasteiger partial charge in [0, 0.05) is 24.7 Å². The van der Waals surface area contributed by atoms with Crippen LogP contribution in [0.4, 0.5) is 5.69 Å². The van der Waals surface area contributed by atoms with E-state index in [9.17, 15) is 18.0 Å². The van der Waals surface area contributed by atoms with Crippen molar-refractivity contribution in [3.8, 4) is 0 Å². The molecule has 3 unspecified atom stereocenters. The molecule has 0 aromatic heterocycles. The molecule has 27 heavy (non-hydrogen) atoms. The molecule has 1 aliphatic carbocycles. The number of hydrogen-bond acceptors (Lipinski definition) is 4. The van der Waals surface area contributed by atoms with E-state index in [0.717, 1.165) is 32.1 Å². The summed E-state index contributed by atoms with van der Waals surface area (Å²) in [6.45, 7) is 0.657. The largest absolute Gasteiger partial charge is 0.368 e. The Hall–Kier alpha value is -1.93. The SMILES string of the molecule is NC(=O)C1CC2CCCCC2N1S(=O)(=O)c1ccc(N2CCCC2=O)cc1. The fourth-order valence-corrected chi connectivity index (χ4v) is 6.73. The van der Waals surface area contributed by atoms with Crippen LogP contribution in [0.25, 0.3) is 0 Å². The second kappa shape index (κ2) is 6.91. The Morgan fingerprint density at radius 1 is 1.07 bits per heavy atom. The van der Waals surface area contributed by atoms with Crippen molar-refractivity contribution in [1.29, 1.82) is 0 Å². The first-order chi connectivity index (χ1) is 12.9. The Morgan fingerprint density at radius 2 is 1.78 bits per heavy atom. The maximum absolute atomic E-state index is 13.3. The number of sulfonamides is 1. The maximum atomic E-state index is 13.3. The summed E-state index contributed by atoms with van der Waals surface area (Å²) in [7, 11) is -3.83. The molecule has 1 saturated carbocycles. The summed E-state index contributed by atoms with van der Waals surface area (Å²) in [5, 5.41) is 0. The minimum Gasteiger partial charge on any atom is -0.368 e. The average Bonchev–Trinajstić information content (AvgIpc) is 3.25. The van der Waals surface area contributed by atoms with Crippen LogP contribution in [-0.2, 0) is 19.6 Å². The molecular weight excluding hydrogens is 366 g/mol. The van der Waals surface area contributed by atoms with Crippen molar-refractivity contribution in [2.75, 3.05) is 11.4 Å². The van der Waals surface area contributed by atoms with Crippen LogP contribution in [0.1, 0.15) is 44.9 Å². The molecule has 2 amide bonds. The number of carbonyl (C=O) groups excluding carboxylic acids is 2. The molecule has 2 heterocycles. The molecule has 8 heteroatoms. The maximum Gasteiger partial charge on any atom is 0.244 e. The van der Waals surface area contributed by atoms with Gasteiger partial charge in [-0.1, -0.05) is 12.8 Å². The lowest BCUT2D eigenvalue weighted by molar-refractivity contribution is -0.121. The first-order valence-electron chi connectivity index (χ1n) is 9.63. The zero-order valence-corrected chi connectivity index (χ0v) is 16.0. The lowest BCUT2D eigenvalue weighted by Crippen LogP contribution is -2.48. The van der Waals surface area contributed by atoms with Gasteiger partial charge in [0.15, 0.2) is 0 Å². The van der Waals surface area contributed by atoms with E-state index in [1.165, 1.54) is 16.4 Å². The van der Waals surface area contributed by atoms with Crippen LogP contribution >= 0.6 is 0 Å². The third kappa shape index (κ3) is 3.14. The number of nitrogens with two attached hydrogens (primary N) is 1. The number of anilines is 1. The number of fused-ring (bicyclic) bond motifs is 1. The summed E-state index contributed by atoms with van der Waals surface area (Å²) in [4.78, 5) is 25.7. The van der Waals surface area contributed by atoms with E-state index in [-0.39, 0.29) is 22.8 Å². The Balaban J connectivity index is 1.65. The van der Waals surface area contributed by atoms with E-state index in [1.807, 2.05) is 0 Å². The molecule has 2 saturated heterocycles. The summed E-state index contributed by atoms with van der Waals surface area (Å²) >= 11 is 0.